The molecule has 2 heterocycles. The molecule has 0 aliphatic heterocycles. The van der Waals surface area contributed by atoms with Crippen molar-refractivity contribution in [2.45, 2.75) is 12.8 Å². The van der Waals surface area contributed by atoms with Gasteiger partial charge in [0, 0.05) is 6.42 Å². The summed E-state index contributed by atoms with van der Waals surface area (Å²) in [6.07, 6.45) is 0.767. The van der Waals surface area contributed by atoms with E-state index in [1.165, 1.54) is 11.3 Å². The third-order valence-corrected chi connectivity index (χ3v) is 5.05. The first-order chi connectivity index (χ1) is 10.7. The lowest BCUT2D eigenvalue weighted by Crippen LogP contribution is -2.13. The summed E-state index contributed by atoms with van der Waals surface area (Å²) in [7, 11) is 0. The number of Topliss-reactive ketones (excluding diaryl/α,β-unsaturated/α-hetero) is 1. The zero-order valence-corrected chi connectivity index (χ0v) is 13.3. The molecular formula is C16H13NO3S2. The molecule has 0 aliphatic carbocycles. The normalized spacial score (nSPS) is 10.7. The monoisotopic (exact) mass is 331 g/mol. The van der Waals surface area contributed by atoms with Crippen molar-refractivity contribution in [2.24, 2.45) is 0 Å². The summed E-state index contributed by atoms with van der Waals surface area (Å²) < 4.78 is 6.13. The van der Waals surface area contributed by atoms with Crippen LogP contribution in [0.4, 0.5) is 0 Å². The molecule has 22 heavy (non-hydrogen) atoms. The first kappa shape index (κ1) is 14.9. The van der Waals surface area contributed by atoms with E-state index in [1.54, 1.807) is 23.5 Å². The van der Waals surface area contributed by atoms with Crippen LogP contribution in [0, 0.1) is 0 Å². The summed E-state index contributed by atoms with van der Waals surface area (Å²) in [4.78, 5) is 28.5. The highest BCUT2D eigenvalue weighted by atomic mass is 32.1. The minimum atomic E-state index is -0.371. The van der Waals surface area contributed by atoms with Gasteiger partial charge in [0.2, 0.25) is 5.78 Å². The molecular weight excluding hydrogens is 318 g/mol. The van der Waals surface area contributed by atoms with E-state index in [0.29, 0.717) is 11.3 Å². The number of aryl methyl sites for hydroxylation is 1. The molecule has 0 spiro atoms. The summed E-state index contributed by atoms with van der Waals surface area (Å²) >= 11 is 2.92. The Labute approximate surface area is 135 Å². The average molecular weight is 331 g/mol. The van der Waals surface area contributed by atoms with Gasteiger partial charge in [-0.05, 0) is 23.6 Å². The van der Waals surface area contributed by atoms with Crippen LogP contribution in [0.2, 0.25) is 0 Å². The summed E-state index contributed by atoms with van der Waals surface area (Å²) in [6.45, 7) is -0.195. The van der Waals surface area contributed by atoms with E-state index < -0.39 is 0 Å². The molecule has 112 valence electrons. The molecule has 4 nitrogen and oxygen atoms in total. The number of benzene rings is 1. The number of rotatable bonds is 6. The molecule has 3 rings (SSSR count). The number of thiophene rings is 1. The Morgan fingerprint density at radius 2 is 2.00 bits per heavy atom. The number of carbonyl (C=O) groups is 2. The number of thiazole rings is 1. The fraction of sp³-hybridized carbons (Fsp3) is 0.188. The van der Waals surface area contributed by atoms with Gasteiger partial charge in [-0.1, -0.05) is 18.2 Å². The van der Waals surface area contributed by atoms with E-state index in [1.807, 2.05) is 29.6 Å². The Hall–Kier alpha value is -2.05. The van der Waals surface area contributed by atoms with Crippen LogP contribution in [0.25, 0.3) is 10.2 Å². The van der Waals surface area contributed by atoms with Gasteiger partial charge in [-0.3, -0.25) is 9.59 Å². The maximum atomic E-state index is 11.7. The number of nitrogens with zero attached hydrogens (tertiary/aromatic N) is 1. The van der Waals surface area contributed by atoms with Crippen LogP contribution < -0.4 is 0 Å². The highest BCUT2D eigenvalue weighted by Gasteiger charge is 2.12. The molecule has 0 aliphatic rings. The molecule has 2 aromatic heterocycles. The zero-order valence-electron chi connectivity index (χ0n) is 11.7. The number of aromatic nitrogens is 1. The topological polar surface area (TPSA) is 56.3 Å². The number of fused-ring (bicyclic) bond motifs is 1. The second-order valence-electron chi connectivity index (χ2n) is 4.64. The number of hydrogen-bond donors (Lipinski definition) is 0. The molecule has 0 amide bonds. The largest absolute Gasteiger partial charge is 0.457 e. The molecule has 0 saturated heterocycles. The Morgan fingerprint density at radius 3 is 2.77 bits per heavy atom. The number of ether oxygens (including phenoxy) is 1. The van der Waals surface area contributed by atoms with Gasteiger partial charge in [-0.15, -0.1) is 22.7 Å². The van der Waals surface area contributed by atoms with Crippen LogP contribution in [0.1, 0.15) is 21.1 Å². The maximum Gasteiger partial charge on any atom is 0.306 e. The second kappa shape index (κ2) is 6.81. The molecule has 6 heteroatoms. The predicted molar refractivity (Wildman–Crippen MR) is 87.5 cm³/mol. The highest BCUT2D eigenvalue weighted by Crippen LogP contribution is 2.22. The van der Waals surface area contributed by atoms with Gasteiger partial charge >= 0.3 is 5.97 Å². The number of ketones is 1. The van der Waals surface area contributed by atoms with Crippen LogP contribution in [-0.2, 0) is 16.0 Å². The maximum absolute atomic E-state index is 11.7. The summed E-state index contributed by atoms with van der Waals surface area (Å²) in [6, 6.07) is 11.4. The van der Waals surface area contributed by atoms with E-state index in [2.05, 4.69) is 4.98 Å². The molecule has 0 radical (unpaired) electrons. The quantitative estimate of drug-likeness (QED) is 0.510. The van der Waals surface area contributed by atoms with Gasteiger partial charge in [-0.25, -0.2) is 4.98 Å². The fourth-order valence-corrected chi connectivity index (χ4v) is 3.58. The first-order valence-electron chi connectivity index (χ1n) is 6.79. The predicted octanol–water partition coefficient (Wildman–Crippen LogP) is 3.72. The van der Waals surface area contributed by atoms with E-state index in [4.69, 9.17) is 4.74 Å². The molecule has 3 aromatic rings. The standard InChI is InChI=1S/C16H13NO3S2/c18-12(14-6-3-9-21-14)10-20-16(19)8-7-15-17-11-4-1-2-5-13(11)22-15/h1-6,9H,7-8,10H2. The SMILES string of the molecule is O=C(CCc1nc2ccccc2s1)OCC(=O)c1cccs1. The lowest BCUT2D eigenvalue weighted by atomic mass is 10.3. The van der Waals surface area contributed by atoms with Crippen molar-refractivity contribution in [3.63, 3.8) is 0 Å². The number of carbonyl (C=O) groups excluding carboxylic acids is 2. The molecule has 0 fully saturated rings. The van der Waals surface area contributed by atoms with Crippen molar-refractivity contribution in [3.05, 3.63) is 51.7 Å². The van der Waals surface area contributed by atoms with Crippen LogP contribution in [0.5, 0.6) is 0 Å². The number of hydrogen-bond acceptors (Lipinski definition) is 6. The van der Waals surface area contributed by atoms with Gasteiger partial charge < -0.3 is 4.74 Å². The molecule has 0 bridgehead atoms. The summed E-state index contributed by atoms with van der Waals surface area (Å²) in [5.41, 5.74) is 0.948. The third kappa shape index (κ3) is 3.58. The number of esters is 1. The van der Waals surface area contributed by atoms with Gasteiger partial charge in [0.25, 0.3) is 0 Å². The van der Waals surface area contributed by atoms with Crippen LogP contribution >= 0.6 is 22.7 Å². The van der Waals surface area contributed by atoms with Crippen molar-refractivity contribution in [1.29, 1.82) is 0 Å². The Bertz CT molecular complexity index is 760. The van der Waals surface area contributed by atoms with Crippen molar-refractivity contribution >= 4 is 44.6 Å². The van der Waals surface area contributed by atoms with Crippen molar-refractivity contribution in [2.75, 3.05) is 6.61 Å². The van der Waals surface area contributed by atoms with Crippen LogP contribution in [-0.4, -0.2) is 23.3 Å². The smallest absolute Gasteiger partial charge is 0.306 e. The molecule has 0 unspecified atom stereocenters. The Morgan fingerprint density at radius 1 is 1.14 bits per heavy atom. The van der Waals surface area contributed by atoms with Crippen LogP contribution in [0.3, 0.4) is 0 Å². The third-order valence-electron chi connectivity index (χ3n) is 3.04. The van der Waals surface area contributed by atoms with Crippen molar-refractivity contribution < 1.29 is 14.3 Å². The van der Waals surface area contributed by atoms with E-state index in [0.717, 1.165) is 15.2 Å². The Balaban J connectivity index is 1.49. The first-order valence-corrected chi connectivity index (χ1v) is 8.49. The molecule has 1 aromatic carbocycles. The highest BCUT2D eigenvalue weighted by molar-refractivity contribution is 7.18. The van der Waals surface area contributed by atoms with Gasteiger partial charge in [0.15, 0.2) is 6.61 Å². The summed E-state index contributed by atoms with van der Waals surface area (Å²) in [5, 5.41) is 2.73. The van der Waals surface area contributed by atoms with Gasteiger partial charge in [0.1, 0.15) is 0 Å². The van der Waals surface area contributed by atoms with Gasteiger partial charge in [0.05, 0.1) is 26.5 Å². The van der Waals surface area contributed by atoms with Crippen molar-refractivity contribution in [1.82, 2.24) is 4.98 Å². The number of para-hydroxylation sites is 1. The fourth-order valence-electron chi connectivity index (χ4n) is 1.96. The molecule has 0 saturated carbocycles. The minimum Gasteiger partial charge on any atom is -0.457 e. The van der Waals surface area contributed by atoms with E-state index in [9.17, 15) is 9.59 Å². The van der Waals surface area contributed by atoms with E-state index in [-0.39, 0.29) is 24.8 Å². The van der Waals surface area contributed by atoms with Crippen molar-refractivity contribution in [3.8, 4) is 0 Å². The van der Waals surface area contributed by atoms with E-state index >= 15 is 0 Å². The zero-order chi connectivity index (χ0) is 15.4. The Kier molecular flexibility index (Phi) is 4.60. The lowest BCUT2D eigenvalue weighted by Gasteiger charge is -2.02. The molecule has 0 N–H and O–H groups in total. The lowest BCUT2D eigenvalue weighted by molar-refractivity contribution is -0.142. The second-order valence-corrected chi connectivity index (χ2v) is 6.70. The van der Waals surface area contributed by atoms with Gasteiger partial charge in [-0.2, -0.15) is 0 Å². The minimum absolute atomic E-state index is 0.164. The summed E-state index contributed by atoms with van der Waals surface area (Å²) in [5.74, 6) is -0.535. The molecule has 0 atom stereocenters. The average Bonchev–Trinajstić information content (AvgIpc) is 3.19. The van der Waals surface area contributed by atoms with Crippen LogP contribution in [0.15, 0.2) is 41.8 Å².